The first kappa shape index (κ1) is 14.1. The Morgan fingerprint density at radius 3 is 2.71 bits per heavy atom. The van der Waals surface area contributed by atoms with Crippen molar-refractivity contribution in [2.75, 3.05) is 7.11 Å². The molecule has 0 bridgehead atoms. The summed E-state index contributed by atoms with van der Waals surface area (Å²) in [6, 6.07) is 8.13. The maximum atomic E-state index is 12.5. The number of carbonyl (C=O) groups excluding carboxylic acids is 1. The quantitative estimate of drug-likeness (QED) is 0.929. The first-order chi connectivity index (χ1) is 9.98. The Morgan fingerprint density at radius 2 is 2.05 bits per heavy atom. The van der Waals surface area contributed by atoms with Crippen molar-refractivity contribution in [1.82, 2.24) is 5.43 Å². The molecule has 1 aliphatic heterocycles. The Morgan fingerprint density at radius 1 is 1.33 bits per heavy atom. The number of hydrogen-bond acceptors (Lipinski definition) is 4. The number of nitrogens with zero attached hydrogens (tertiary/aromatic N) is 1. The van der Waals surface area contributed by atoms with Gasteiger partial charge in [-0.15, -0.1) is 0 Å². The van der Waals surface area contributed by atoms with Gasteiger partial charge >= 0.3 is 0 Å². The number of hydrogen-bond donors (Lipinski definition) is 1. The van der Waals surface area contributed by atoms with Crippen molar-refractivity contribution in [3.8, 4) is 5.75 Å². The lowest BCUT2D eigenvalue weighted by Crippen LogP contribution is -2.45. The highest BCUT2D eigenvalue weighted by Crippen LogP contribution is 2.39. The molecule has 0 radical (unpaired) electrons. The number of ether oxygens (including phenoxy) is 1. The Bertz CT molecular complexity index is 575. The van der Waals surface area contributed by atoms with Crippen LogP contribution in [0.3, 0.4) is 0 Å². The van der Waals surface area contributed by atoms with E-state index in [9.17, 15) is 4.79 Å². The van der Waals surface area contributed by atoms with Crippen molar-refractivity contribution in [3.05, 3.63) is 29.8 Å². The van der Waals surface area contributed by atoms with Crippen LogP contribution < -0.4 is 10.2 Å². The predicted octanol–water partition coefficient (Wildman–Crippen LogP) is 2.57. The van der Waals surface area contributed by atoms with E-state index in [4.69, 9.17) is 4.74 Å². The van der Waals surface area contributed by atoms with Gasteiger partial charge in [-0.3, -0.25) is 4.79 Å². The van der Waals surface area contributed by atoms with Crippen molar-refractivity contribution in [1.29, 1.82) is 0 Å². The molecular weight excluding hydrogens is 264 g/mol. The molecule has 112 valence electrons. The summed E-state index contributed by atoms with van der Waals surface area (Å²) in [6.45, 7) is 4.31. The van der Waals surface area contributed by atoms with E-state index >= 15 is 0 Å². The molecule has 2 aliphatic rings. The highest BCUT2D eigenvalue weighted by atomic mass is 16.5. The lowest BCUT2D eigenvalue weighted by atomic mass is 9.68. The van der Waals surface area contributed by atoms with Crippen molar-refractivity contribution in [2.24, 2.45) is 16.4 Å². The fourth-order valence-corrected chi connectivity index (χ4v) is 3.47. The molecule has 1 aliphatic carbocycles. The molecule has 2 unspecified atom stereocenters. The number of nitrogens with one attached hydrogen (secondary N) is 1. The smallest absolute Gasteiger partial charge is 0.144 e. The van der Waals surface area contributed by atoms with Crippen LogP contribution in [0.1, 0.15) is 32.3 Å². The molecule has 0 saturated heterocycles. The summed E-state index contributed by atoms with van der Waals surface area (Å²) in [5.41, 5.74) is 5.40. The third-order valence-electron chi connectivity index (χ3n) is 4.45. The predicted molar refractivity (Wildman–Crippen MR) is 82.6 cm³/mol. The van der Waals surface area contributed by atoms with E-state index in [1.807, 2.05) is 24.3 Å². The zero-order valence-electron chi connectivity index (χ0n) is 12.8. The minimum Gasteiger partial charge on any atom is -0.497 e. The molecule has 1 aromatic carbocycles. The average Bonchev–Trinajstić information content (AvgIpc) is 2.81. The number of methoxy groups -OCH3 is 1. The van der Waals surface area contributed by atoms with Gasteiger partial charge in [-0.1, -0.05) is 26.0 Å². The van der Waals surface area contributed by atoms with E-state index in [0.29, 0.717) is 12.2 Å². The van der Waals surface area contributed by atoms with Gasteiger partial charge in [0.05, 0.1) is 24.8 Å². The van der Waals surface area contributed by atoms with E-state index in [0.717, 1.165) is 29.9 Å². The van der Waals surface area contributed by atoms with Crippen LogP contribution in [-0.4, -0.2) is 24.6 Å². The normalized spacial score (nSPS) is 26.8. The number of ketones is 1. The summed E-state index contributed by atoms with van der Waals surface area (Å²) in [7, 11) is 1.66. The van der Waals surface area contributed by atoms with Gasteiger partial charge in [-0.2, -0.15) is 5.10 Å². The van der Waals surface area contributed by atoms with E-state index in [2.05, 4.69) is 24.4 Å². The maximum absolute atomic E-state index is 12.5. The van der Waals surface area contributed by atoms with Crippen LogP contribution >= 0.6 is 0 Å². The van der Waals surface area contributed by atoms with E-state index in [1.165, 1.54) is 0 Å². The van der Waals surface area contributed by atoms with Crippen LogP contribution in [0.15, 0.2) is 29.4 Å². The highest BCUT2D eigenvalue weighted by Gasteiger charge is 2.45. The van der Waals surface area contributed by atoms with Crippen molar-refractivity contribution in [3.63, 3.8) is 0 Å². The van der Waals surface area contributed by atoms with Gasteiger partial charge in [-0.05, 0) is 29.5 Å². The van der Waals surface area contributed by atoms with Gasteiger partial charge in [0.2, 0.25) is 0 Å². The largest absolute Gasteiger partial charge is 0.497 e. The second kappa shape index (κ2) is 5.17. The zero-order chi connectivity index (χ0) is 15.0. The summed E-state index contributed by atoms with van der Waals surface area (Å²) in [5, 5.41) is 4.45. The Hall–Kier alpha value is -1.84. The Labute approximate surface area is 125 Å². The zero-order valence-corrected chi connectivity index (χ0v) is 12.8. The summed E-state index contributed by atoms with van der Waals surface area (Å²) in [5.74, 6) is 1.13. The molecule has 1 aromatic rings. The molecule has 1 fully saturated rings. The van der Waals surface area contributed by atoms with Crippen LogP contribution in [0.5, 0.6) is 5.75 Å². The summed E-state index contributed by atoms with van der Waals surface area (Å²) in [6.07, 6.45) is 2.38. The van der Waals surface area contributed by atoms with Gasteiger partial charge in [0, 0.05) is 12.8 Å². The molecule has 3 rings (SSSR count). The van der Waals surface area contributed by atoms with E-state index in [1.54, 1.807) is 7.11 Å². The standard InChI is InChI=1S/C17H22N2O2/c1-17(2)9-14-16(15(20)10-17)13(18-19-14)8-11-4-6-12(21-3)7-5-11/h4-7,14,16,19H,8-10H2,1-3H3. The highest BCUT2D eigenvalue weighted by molar-refractivity contribution is 6.08. The third kappa shape index (κ3) is 2.80. The van der Waals surface area contributed by atoms with Crippen LogP contribution in [0.2, 0.25) is 0 Å². The topological polar surface area (TPSA) is 50.7 Å². The van der Waals surface area contributed by atoms with Gasteiger partial charge in [0.15, 0.2) is 0 Å². The second-order valence-electron chi connectivity index (χ2n) is 6.85. The number of rotatable bonds is 3. The molecule has 1 saturated carbocycles. The van der Waals surface area contributed by atoms with Gasteiger partial charge in [0.1, 0.15) is 11.5 Å². The number of hydrazone groups is 1. The number of fused-ring (bicyclic) bond motifs is 1. The molecule has 2 atom stereocenters. The monoisotopic (exact) mass is 286 g/mol. The van der Waals surface area contributed by atoms with Crippen LogP contribution in [0.25, 0.3) is 0 Å². The molecule has 1 heterocycles. The average molecular weight is 286 g/mol. The van der Waals surface area contributed by atoms with Gasteiger partial charge in [0.25, 0.3) is 0 Å². The summed E-state index contributed by atoms with van der Waals surface area (Å²) in [4.78, 5) is 12.5. The minimum absolute atomic E-state index is 0.0415. The molecule has 0 spiro atoms. The van der Waals surface area contributed by atoms with E-state index in [-0.39, 0.29) is 17.4 Å². The lowest BCUT2D eigenvalue weighted by Gasteiger charge is -2.36. The molecular formula is C17H22N2O2. The summed E-state index contributed by atoms with van der Waals surface area (Å²) >= 11 is 0. The SMILES string of the molecule is COc1ccc(CC2=NNC3CC(C)(C)CC(=O)C23)cc1. The molecule has 4 heteroatoms. The Balaban J connectivity index is 1.73. The second-order valence-corrected chi connectivity index (χ2v) is 6.85. The number of Topliss-reactive ketones (excluding diaryl/α,β-unsaturated/α-hetero) is 1. The van der Waals surface area contributed by atoms with Crippen molar-refractivity contribution >= 4 is 11.5 Å². The fraction of sp³-hybridized carbons (Fsp3) is 0.529. The van der Waals surface area contributed by atoms with E-state index < -0.39 is 0 Å². The lowest BCUT2D eigenvalue weighted by molar-refractivity contribution is -0.126. The first-order valence-corrected chi connectivity index (χ1v) is 7.46. The van der Waals surface area contributed by atoms with Crippen LogP contribution in [0.4, 0.5) is 0 Å². The Kier molecular flexibility index (Phi) is 3.47. The molecule has 0 aromatic heterocycles. The number of carbonyl (C=O) groups is 1. The summed E-state index contributed by atoms with van der Waals surface area (Å²) < 4.78 is 5.17. The first-order valence-electron chi connectivity index (χ1n) is 7.46. The van der Waals surface area contributed by atoms with Crippen LogP contribution in [-0.2, 0) is 11.2 Å². The molecule has 1 N–H and O–H groups in total. The van der Waals surface area contributed by atoms with Crippen molar-refractivity contribution in [2.45, 2.75) is 39.2 Å². The molecule has 0 amide bonds. The van der Waals surface area contributed by atoms with Crippen molar-refractivity contribution < 1.29 is 9.53 Å². The van der Waals surface area contributed by atoms with Gasteiger partial charge < -0.3 is 10.2 Å². The number of benzene rings is 1. The fourth-order valence-electron chi connectivity index (χ4n) is 3.47. The molecule has 4 nitrogen and oxygen atoms in total. The van der Waals surface area contributed by atoms with Gasteiger partial charge in [-0.25, -0.2) is 0 Å². The minimum atomic E-state index is -0.0415. The third-order valence-corrected chi connectivity index (χ3v) is 4.45. The molecule has 21 heavy (non-hydrogen) atoms. The van der Waals surface area contributed by atoms with Crippen LogP contribution in [0, 0.1) is 11.3 Å². The maximum Gasteiger partial charge on any atom is 0.144 e.